The number of carbonyl (C=O) groups is 2. The molecule has 0 spiro atoms. The predicted molar refractivity (Wildman–Crippen MR) is 63.4 cm³/mol. The molecule has 17 heavy (non-hydrogen) atoms. The average molecular weight is 234 g/mol. The van der Waals surface area contributed by atoms with E-state index in [-0.39, 0.29) is 5.97 Å². The van der Waals surface area contributed by atoms with Crippen LogP contribution < -0.4 is 0 Å². The molecular formula is C13H14O4. The van der Waals surface area contributed by atoms with Crippen molar-refractivity contribution >= 4 is 18.0 Å². The van der Waals surface area contributed by atoms with Gasteiger partial charge in [-0.3, -0.25) is 0 Å². The van der Waals surface area contributed by atoms with Crippen molar-refractivity contribution in [3.05, 3.63) is 41.5 Å². The van der Waals surface area contributed by atoms with Crippen molar-refractivity contribution in [1.29, 1.82) is 0 Å². The van der Waals surface area contributed by atoms with Gasteiger partial charge in [0.15, 0.2) is 0 Å². The zero-order chi connectivity index (χ0) is 12.7. The molecule has 0 aliphatic heterocycles. The van der Waals surface area contributed by atoms with Crippen LogP contribution in [0.15, 0.2) is 30.3 Å². The van der Waals surface area contributed by atoms with Gasteiger partial charge in [0.05, 0.1) is 19.3 Å². The summed E-state index contributed by atoms with van der Waals surface area (Å²) in [7, 11) is 1.32. The maximum absolute atomic E-state index is 11.4. The van der Waals surface area contributed by atoms with Crippen molar-refractivity contribution in [3.63, 3.8) is 0 Å². The molecule has 0 heterocycles. The third-order valence-electron chi connectivity index (χ3n) is 2.03. The van der Waals surface area contributed by atoms with Gasteiger partial charge < -0.3 is 9.47 Å². The highest BCUT2D eigenvalue weighted by Gasteiger charge is 2.04. The smallest absolute Gasteiger partial charge is 0.338 e. The number of rotatable bonds is 4. The molecule has 0 amide bonds. The van der Waals surface area contributed by atoms with E-state index in [9.17, 15) is 9.59 Å². The summed E-state index contributed by atoms with van der Waals surface area (Å²) in [6.45, 7) is 2.11. The largest absolute Gasteiger partial charge is 0.466 e. The van der Waals surface area contributed by atoms with Crippen LogP contribution in [-0.2, 0) is 14.3 Å². The van der Waals surface area contributed by atoms with Gasteiger partial charge in [-0.2, -0.15) is 0 Å². The molecule has 0 aliphatic carbocycles. The first-order chi connectivity index (χ1) is 8.17. The number of carbonyl (C=O) groups excluding carboxylic acids is 2. The van der Waals surface area contributed by atoms with Crippen LogP contribution >= 0.6 is 0 Å². The van der Waals surface area contributed by atoms with Crippen LogP contribution in [0.2, 0.25) is 0 Å². The first-order valence-electron chi connectivity index (χ1n) is 5.20. The van der Waals surface area contributed by atoms with Gasteiger partial charge in [0.25, 0.3) is 0 Å². The van der Waals surface area contributed by atoms with E-state index in [2.05, 4.69) is 4.74 Å². The van der Waals surface area contributed by atoms with Gasteiger partial charge in [-0.25, -0.2) is 9.59 Å². The molecule has 1 aromatic rings. The summed E-state index contributed by atoms with van der Waals surface area (Å²) in [5.41, 5.74) is 1.30. The zero-order valence-electron chi connectivity index (χ0n) is 9.80. The first-order valence-corrected chi connectivity index (χ1v) is 5.20. The number of ether oxygens (including phenoxy) is 2. The van der Waals surface area contributed by atoms with E-state index >= 15 is 0 Å². The fraction of sp³-hybridized carbons (Fsp3) is 0.231. The molecule has 0 saturated heterocycles. The highest BCUT2D eigenvalue weighted by molar-refractivity contribution is 5.90. The Kier molecular flexibility index (Phi) is 4.94. The molecule has 0 unspecified atom stereocenters. The summed E-state index contributed by atoms with van der Waals surface area (Å²) in [6, 6.07) is 6.75. The number of benzene rings is 1. The second kappa shape index (κ2) is 6.48. The molecule has 0 fully saturated rings. The third-order valence-corrected chi connectivity index (χ3v) is 2.03. The van der Waals surface area contributed by atoms with Crippen LogP contribution in [0.4, 0.5) is 0 Å². The highest BCUT2D eigenvalue weighted by atomic mass is 16.5. The molecule has 4 heteroatoms. The summed E-state index contributed by atoms with van der Waals surface area (Å²) in [4.78, 5) is 22.2. The zero-order valence-corrected chi connectivity index (χ0v) is 9.80. The fourth-order valence-electron chi connectivity index (χ4n) is 1.18. The predicted octanol–water partition coefficient (Wildman–Crippen LogP) is 2.05. The number of methoxy groups -OCH3 is 1. The molecule has 0 N–H and O–H groups in total. The monoisotopic (exact) mass is 234 g/mol. The third kappa shape index (κ3) is 4.10. The van der Waals surface area contributed by atoms with Crippen LogP contribution in [0.5, 0.6) is 0 Å². The minimum Gasteiger partial charge on any atom is -0.466 e. The van der Waals surface area contributed by atoms with Gasteiger partial charge in [-0.15, -0.1) is 0 Å². The maximum Gasteiger partial charge on any atom is 0.338 e. The summed E-state index contributed by atoms with van der Waals surface area (Å²) in [6.07, 6.45) is 2.93. The Morgan fingerprint density at radius 2 is 1.88 bits per heavy atom. The van der Waals surface area contributed by atoms with Gasteiger partial charge in [0, 0.05) is 6.08 Å². The van der Waals surface area contributed by atoms with Crippen LogP contribution in [0.25, 0.3) is 6.08 Å². The molecule has 1 aromatic carbocycles. The maximum atomic E-state index is 11.4. The molecular weight excluding hydrogens is 220 g/mol. The summed E-state index contributed by atoms with van der Waals surface area (Å²) in [5.74, 6) is -0.768. The lowest BCUT2D eigenvalue weighted by Gasteiger charge is -2.01. The lowest BCUT2D eigenvalue weighted by molar-refractivity contribution is -0.134. The lowest BCUT2D eigenvalue weighted by Crippen LogP contribution is -2.04. The second-order valence-electron chi connectivity index (χ2n) is 3.20. The molecule has 0 radical (unpaired) electrons. The van der Waals surface area contributed by atoms with E-state index < -0.39 is 5.97 Å². The van der Waals surface area contributed by atoms with E-state index in [1.54, 1.807) is 37.3 Å². The molecule has 0 aliphatic rings. The molecule has 4 nitrogen and oxygen atoms in total. The van der Waals surface area contributed by atoms with Gasteiger partial charge in [-0.05, 0) is 30.7 Å². The Labute approximate surface area is 99.8 Å². The Morgan fingerprint density at radius 3 is 2.41 bits per heavy atom. The van der Waals surface area contributed by atoms with E-state index in [4.69, 9.17) is 4.74 Å². The van der Waals surface area contributed by atoms with Crippen molar-refractivity contribution in [2.45, 2.75) is 6.92 Å². The molecule has 0 saturated carbocycles. The van der Waals surface area contributed by atoms with Crippen molar-refractivity contribution < 1.29 is 19.1 Å². The molecule has 0 aromatic heterocycles. The van der Waals surface area contributed by atoms with Crippen LogP contribution in [-0.4, -0.2) is 25.7 Å². The second-order valence-corrected chi connectivity index (χ2v) is 3.20. The van der Waals surface area contributed by atoms with Gasteiger partial charge in [-0.1, -0.05) is 12.1 Å². The van der Waals surface area contributed by atoms with E-state index in [1.807, 2.05) is 0 Å². The minimum absolute atomic E-state index is 0.350. The lowest BCUT2D eigenvalue weighted by atomic mass is 10.1. The number of hydrogen-bond acceptors (Lipinski definition) is 4. The quantitative estimate of drug-likeness (QED) is 0.591. The highest BCUT2D eigenvalue weighted by Crippen LogP contribution is 2.07. The van der Waals surface area contributed by atoms with Crippen LogP contribution in [0.3, 0.4) is 0 Å². The fourth-order valence-corrected chi connectivity index (χ4v) is 1.18. The Hall–Kier alpha value is -2.10. The molecule has 0 bridgehead atoms. The standard InChI is InChI=1S/C13H14O4/c1-3-17-13(15)11-7-4-10(5-8-11)6-9-12(14)16-2/h4-9H,3H2,1-2H3/b9-6+. The number of hydrogen-bond donors (Lipinski definition) is 0. The molecule has 90 valence electrons. The average Bonchev–Trinajstić information content (AvgIpc) is 2.36. The van der Waals surface area contributed by atoms with Crippen LogP contribution in [0.1, 0.15) is 22.8 Å². The van der Waals surface area contributed by atoms with Gasteiger partial charge >= 0.3 is 11.9 Å². The summed E-state index contributed by atoms with van der Waals surface area (Å²) in [5, 5.41) is 0. The Morgan fingerprint density at radius 1 is 1.24 bits per heavy atom. The van der Waals surface area contributed by atoms with E-state index in [0.29, 0.717) is 12.2 Å². The normalized spacial score (nSPS) is 10.2. The summed E-state index contributed by atoms with van der Waals surface area (Å²) < 4.78 is 9.32. The SMILES string of the molecule is CCOC(=O)c1ccc(/C=C/C(=O)OC)cc1. The Bertz CT molecular complexity index is 418. The Balaban J connectivity index is 2.71. The van der Waals surface area contributed by atoms with Crippen molar-refractivity contribution in [1.82, 2.24) is 0 Å². The minimum atomic E-state index is -0.417. The van der Waals surface area contributed by atoms with Crippen LogP contribution in [0, 0.1) is 0 Å². The van der Waals surface area contributed by atoms with Gasteiger partial charge in [0.2, 0.25) is 0 Å². The number of esters is 2. The first kappa shape index (κ1) is 13.0. The topological polar surface area (TPSA) is 52.6 Å². The van der Waals surface area contributed by atoms with E-state index in [0.717, 1.165) is 5.56 Å². The van der Waals surface area contributed by atoms with E-state index in [1.165, 1.54) is 13.2 Å². The van der Waals surface area contributed by atoms with Crippen molar-refractivity contribution in [2.75, 3.05) is 13.7 Å². The summed E-state index contributed by atoms with van der Waals surface area (Å²) >= 11 is 0. The van der Waals surface area contributed by atoms with Gasteiger partial charge in [0.1, 0.15) is 0 Å². The van der Waals surface area contributed by atoms with Crippen molar-refractivity contribution in [3.8, 4) is 0 Å². The van der Waals surface area contributed by atoms with Crippen molar-refractivity contribution in [2.24, 2.45) is 0 Å². The molecule has 0 atom stereocenters. The molecule has 1 rings (SSSR count).